The highest BCUT2D eigenvalue weighted by molar-refractivity contribution is 5.71. The van der Waals surface area contributed by atoms with Crippen molar-refractivity contribution in [3.05, 3.63) is 0 Å². The Labute approximate surface area is 477 Å². The molecule has 84 heavy (non-hydrogen) atoms. The van der Waals surface area contributed by atoms with Crippen LogP contribution in [0.2, 0.25) is 0 Å². The number of rotatable bonds is 23. The third-order valence-electron chi connectivity index (χ3n) is 11.7. The van der Waals surface area contributed by atoms with Crippen LogP contribution in [0.5, 0.6) is 0 Å². The minimum absolute atomic E-state index is 0.750. The number of halogens is 1. The van der Waals surface area contributed by atoms with Gasteiger partial charge in [0.15, 0.2) is 73.8 Å². The van der Waals surface area contributed by atoms with Crippen LogP contribution < -0.4 is 0 Å². The molecule has 33 nitrogen and oxygen atoms in total. The Morgan fingerprint density at radius 1 is 0.250 bits per heavy atom. The SMILES string of the molecule is CC(=O)OC[C@H]1O[C@@H](F)[C@H](OC(C)=O)[C@@H](OC(C)=O)[C@@H]1O[C@@H]1O[C@H](COC(C)=O)[C@@H](O[C@@H]2O[C@H](COC(C)=O)[C@@H](O[C@@H]3O[C@H](COC(C)=O)[C@@H](OC(C)=O)[C@H](OC(C)=O)[C@H]3OC(C)=O)[C@H](OC(C)=O)[C@H]2OC(C)=O)[C@H](OC(C)=O)[C@H]1OC(C)=O. The van der Waals surface area contributed by atoms with Gasteiger partial charge in [-0.1, -0.05) is 0 Å². The van der Waals surface area contributed by atoms with E-state index < -0.39 is 227 Å². The normalized spacial score (nSPS) is 32.7. The Bertz CT molecular complexity index is 2410. The van der Waals surface area contributed by atoms with E-state index in [1.165, 1.54) is 0 Å². The summed E-state index contributed by atoms with van der Waals surface area (Å²) in [5.74, 6) is -13.7. The molecule has 0 bridgehead atoms. The second-order valence-electron chi connectivity index (χ2n) is 18.8. The number of esters is 13. The largest absolute Gasteiger partial charge is 0.463 e. The number of alkyl halides is 1. The van der Waals surface area contributed by atoms with E-state index >= 15 is 4.39 Å². The van der Waals surface area contributed by atoms with Crippen LogP contribution in [0.4, 0.5) is 4.39 Å². The molecule has 4 rings (SSSR count). The van der Waals surface area contributed by atoms with Gasteiger partial charge in [0.25, 0.3) is 0 Å². The first-order valence-corrected chi connectivity index (χ1v) is 25.6. The lowest BCUT2D eigenvalue weighted by Crippen LogP contribution is -2.69. The zero-order valence-corrected chi connectivity index (χ0v) is 47.7. The number of hydrogen-bond acceptors (Lipinski definition) is 33. The van der Waals surface area contributed by atoms with E-state index in [2.05, 4.69) is 0 Å². The van der Waals surface area contributed by atoms with Crippen molar-refractivity contribution in [2.24, 2.45) is 0 Å². The molecule has 0 aromatic carbocycles. The third-order valence-corrected chi connectivity index (χ3v) is 11.7. The lowest BCUT2D eigenvalue weighted by molar-refractivity contribution is -0.387. The van der Waals surface area contributed by atoms with Gasteiger partial charge in [-0.25, -0.2) is 4.39 Å². The van der Waals surface area contributed by atoms with Gasteiger partial charge in [-0.2, -0.15) is 0 Å². The monoisotopic (exact) mass is 1210 g/mol. The van der Waals surface area contributed by atoms with E-state index in [1.54, 1.807) is 0 Å². The molecule has 0 aromatic rings. The first kappa shape index (κ1) is 69.3. The van der Waals surface area contributed by atoms with Gasteiger partial charge in [0.1, 0.15) is 69.2 Å². The van der Waals surface area contributed by atoms with E-state index in [-0.39, 0.29) is 0 Å². The fraction of sp³-hybridized carbons (Fsp3) is 0.740. The molecule has 0 saturated carbocycles. The van der Waals surface area contributed by atoms with E-state index in [0.717, 1.165) is 90.0 Å². The van der Waals surface area contributed by atoms with Crippen LogP contribution in [0, 0.1) is 0 Å². The summed E-state index contributed by atoms with van der Waals surface area (Å²) < 4.78 is 130. The maximum Gasteiger partial charge on any atom is 0.303 e. The van der Waals surface area contributed by atoms with Gasteiger partial charge in [-0.15, -0.1) is 0 Å². The van der Waals surface area contributed by atoms with E-state index in [9.17, 15) is 62.3 Å². The molecule has 0 unspecified atom stereocenters. The molecule has 4 fully saturated rings. The van der Waals surface area contributed by atoms with Crippen LogP contribution in [0.1, 0.15) is 90.0 Å². The number of carbonyl (C=O) groups is 13. The summed E-state index contributed by atoms with van der Waals surface area (Å²) in [6.45, 7) is 8.58. The second kappa shape index (κ2) is 31.6. The average Bonchev–Trinajstić information content (AvgIpc) is 3.03. The first-order valence-electron chi connectivity index (χ1n) is 25.6. The molecule has 4 aliphatic rings. The predicted octanol–water partition coefficient (Wildman–Crippen LogP) is -1.35. The van der Waals surface area contributed by atoms with Crippen molar-refractivity contribution in [1.29, 1.82) is 0 Å². The quantitative estimate of drug-likeness (QED) is 0.0843. The van der Waals surface area contributed by atoms with E-state index in [4.69, 9.17) is 94.7 Å². The van der Waals surface area contributed by atoms with E-state index in [1.807, 2.05) is 0 Å². The number of carbonyl (C=O) groups excluding carboxylic acids is 13. The Kier molecular flexibility index (Phi) is 26.1. The molecular weight excluding hydrogens is 1150 g/mol. The van der Waals surface area contributed by atoms with Crippen molar-refractivity contribution in [3.8, 4) is 0 Å². The lowest BCUT2D eigenvalue weighted by atomic mass is 9.94. The topological polar surface area (TPSA) is 407 Å². The van der Waals surface area contributed by atoms with Crippen LogP contribution in [-0.4, -0.2) is 227 Å². The number of hydrogen-bond donors (Lipinski definition) is 0. The van der Waals surface area contributed by atoms with Crippen molar-refractivity contribution < 1.29 is 161 Å². The molecule has 0 radical (unpaired) electrons. The van der Waals surface area contributed by atoms with Crippen LogP contribution in [0.3, 0.4) is 0 Å². The Hall–Kier alpha value is -7.24. The van der Waals surface area contributed by atoms with Crippen molar-refractivity contribution in [3.63, 3.8) is 0 Å². The summed E-state index contributed by atoms with van der Waals surface area (Å²) in [6.07, 6.45) is -40.3. The Morgan fingerprint density at radius 3 is 0.690 bits per heavy atom. The summed E-state index contributed by atoms with van der Waals surface area (Å²) in [7, 11) is 0. The van der Waals surface area contributed by atoms with Crippen LogP contribution in [-0.2, 0) is 157 Å². The molecule has 4 saturated heterocycles. The van der Waals surface area contributed by atoms with Crippen LogP contribution >= 0.6 is 0 Å². The summed E-state index contributed by atoms with van der Waals surface area (Å²) in [5.41, 5.74) is 0. The first-order chi connectivity index (χ1) is 39.3. The van der Waals surface area contributed by atoms with Gasteiger partial charge in [-0.3, -0.25) is 62.3 Å². The zero-order chi connectivity index (χ0) is 63.0. The maximum absolute atomic E-state index is 15.8. The van der Waals surface area contributed by atoms with Gasteiger partial charge >= 0.3 is 77.6 Å². The predicted molar refractivity (Wildman–Crippen MR) is 257 cm³/mol. The van der Waals surface area contributed by atoms with Crippen LogP contribution in [0.15, 0.2) is 0 Å². The van der Waals surface area contributed by atoms with Gasteiger partial charge in [-0.05, 0) is 0 Å². The van der Waals surface area contributed by atoms with Crippen LogP contribution in [0.25, 0.3) is 0 Å². The summed E-state index contributed by atoms with van der Waals surface area (Å²) in [5, 5.41) is 0. The second-order valence-corrected chi connectivity index (χ2v) is 18.8. The highest BCUT2D eigenvalue weighted by atomic mass is 19.1. The van der Waals surface area contributed by atoms with Crippen molar-refractivity contribution in [2.45, 2.75) is 213 Å². The minimum atomic E-state index is -2.59. The maximum atomic E-state index is 15.8. The summed E-state index contributed by atoms with van der Waals surface area (Å²) in [4.78, 5) is 165. The highest BCUT2D eigenvalue weighted by Crippen LogP contribution is 2.40. The number of ether oxygens (including phenoxy) is 20. The molecule has 0 spiro atoms. The minimum Gasteiger partial charge on any atom is -0.463 e. The molecule has 0 amide bonds. The third kappa shape index (κ3) is 20.5. The Balaban J connectivity index is 1.97. The smallest absolute Gasteiger partial charge is 0.303 e. The molecule has 20 atom stereocenters. The molecule has 4 aliphatic heterocycles. The molecule has 34 heteroatoms. The summed E-state index contributed by atoms with van der Waals surface area (Å²) in [6, 6.07) is 0. The zero-order valence-electron chi connectivity index (χ0n) is 47.7. The fourth-order valence-corrected chi connectivity index (χ4v) is 9.03. The van der Waals surface area contributed by atoms with Gasteiger partial charge in [0, 0.05) is 90.0 Å². The van der Waals surface area contributed by atoms with Crippen molar-refractivity contribution in [1.82, 2.24) is 0 Å². The highest BCUT2D eigenvalue weighted by Gasteiger charge is 2.61. The molecule has 0 N–H and O–H groups in total. The molecular formula is C50H67FO33. The van der Waals surface area contributed by atoms with Crippen molar-refractivity contribution >= 4 is 77.6 Å². The average molecular weight is 1220 g/mol. The lowest BCUT2D eigenvalue weighted by Gasteiger charge is -2.51. The summed E-state index contributed by atoms with van der Waals surface area (Å²) >= 11 is 0. The van der Waals surface area contributed by atoms with Gasteiger partial charge in [0.05, 0.1) is 0 Å². The molecule has 0 aromatic heterocycles. The Morgan fingerprint density at radius 2 is 0.440 bits per heavy atom. The van der Waals surface area contributed by atoms with Crippen molar-refractivity contribution in [2.75, 3.05) is 26.4 Å². The fourth-order valence-electron chi connectivity index (χ4n) is 9.03. The van der Waals surface area contributed by atoms with E-state index in [0.29, 0.717) is 0 Å². The molecule has 4 heterocycles. The van der Waals surface area contributed by atoms with Gasteiger partial charge in [0.2, 0.25) is 6.36 Å². The molecule has 0 aliphatic carbocycles. The van der Waals surface area contributed by atoms with Gasteiger partial charge < -0.3 is 94.7 Å². The standard InChI is InChI=1S/C50H67FO33/c1-18(52)65-14-31-36(39(70-23(6)57)43(47(51)78-31)74-27(10)61)82-49-45(76-29(12)63)41(72-25(8)59)38(33(80-49)16-67-20(3)54)84-50-46(77-30(13)64)42(73-26(9)60)37(34(81-50)17-68-21(4)55)83-48-44(75-28(11)62)40(71-24(7)58)35(69-22(5)56)32(79-48)15-66-19(2)53/h31-50H,14-17H2,1-13H3/t31-,32-,33-,34-,35-,36-,37-,38-,39+,40+,41+,42+,43-,44-,45-,46-,47-,48+,49+,50+/m1/s1. The molecule has 472 valence electrons.